The van der Waals surface area contributed by atoms with E-state index in [0.717, 1.165) is 0 Å². The van der Waals surface area contributed by atoms with Crippen LogP contribution in [0, 0.1) is 5.92 Å². The minimum Gasteiger partial charge on any atom is -0.274 e. The van der Waals surface area contributed by atoms with Crippen molar-refractivity contribution in [2.75, 3.05) is 19.7 Å². The Hall–Kier alpha value is -0.860. The molecule has 0 saturated carbocycles. The highest BCUT2D eigenvalue weighted by Crippen LogP contribution is 2.30. The first-order chi connectivity index (χ1) is 10.9. The molecule has 0 atom stereocenters. The molecule has 9 heteroatoms. The highest BCUT2D eigenvalue weighted by molar-refractivity contribution is 7.89. The second kappa shape index (κ2) is 7.81. The Morgan fingerprint density at radius 3 is 2.61 bits per heavy atom. The summed E-state index contributed by atoms with van der Waals surface area (Å²) >= 11 is 11.9. The zero-order valence-corrected chi connectivity index (χ0v) is 14.9. The van der Waals surface area contributed by atoms with E-state index in [-0.39, 0.29) is 34.8 Å². The van der Waals surface area contributed by atoms with Crippen LogP contribution < -0.4 is 5.48 Å². The number of hydroxylamine groups is 1. The summed E-state index contributed by atoms with van der Waals surface area (Å²) in [4.78, 5) is 16.7. The molecule has 0 aliphatic carbocycles. The van der Waals surface area contributed by atoms with Crippen molar-refractivity contribution >= 4 is 39.1 Å². The summed E-state index contributed by atoms with van der Waals surface area (Å²) in [5, 5.41) is 0.435. The fourth-order valence-corrected chi connectivity index (χ4v) is 4.61. The molecule has 0 bridgehead atoms. The molecule has 1 amide bonds. The summed E-state index contributed by atoms with van der Waals surface area (Å²) in [6.07, 6.45) is 0.854. The molecule has 6 nitrogen and oxygen atoms in total. The minimum atomic E-state index is -3.73. The van der Waals surface area contributed by atoms with Crippen LogP contribution >= 0.6 is 23.2 Å². The Morgan fingerprint density at radius 2 is 2.00 bits per heavy atom. The van der Waals surface area contributed by atoms with E-state index in [4.69, 9.17) is 28.0 Å². The van der Waals surface area contributed by atoms with Gasteiger partial charge < -0.3 is 0 Å². The van der Waals surface area contributed by atoms with Crippen molar-refractivity contribution in [2.24, 2.45) is 5.92 Å². The van der Waals surface area contributed by atoms with Crippen LogP contribution in [0.25, 0.3) is 0 Å². The average Bonchev–Trinajstić information content (AvgIpc) is 2.54. The quantitative estimate of drug-likeness (QED) is 0.795. The van der Waals surface area contributed by atoms with E-state index in [0.29, 0.717) is 24.5 Å². The van der Waals surface area contributed by atoms with Crippen molar-refractivity contribution in [2.45, 2.75) is 24.7 Å². The van der Waals surface area contributed by atoms with Gasteiger partial charge in [-0.3, -0.25) is 9.63 Å². The normalized spacial score (nSPS) is 17.2. The molecular formula is C14H18Cl2N2O4S. The lowest BCUT2D eigenvalue weighted by Gasteiger charge is -2.30. The number of sulfonamides is 1. The predicted molar refractivity (Wildman–Crippen MR) is 87.7 cm³/mol. The number of benzene rings is 1. The van der Waals surface area contributed by atoms with Crippen LogP contribution in [0.3, 0.4) is 0 Å². The first-order valence-corrected chi connectivity index (χ1v) is 9.42. The summed E-state index contributed by atoms with van der Waals surface area (Å²) in [5.74, 6) is -0.479. The van der Waals surface area contributed by atoms with Crippen LogP contribution in [0.5, 0.6) is 0 Å². The summed E-state index contributed by atoms with van der Waals surface area (Å²) < 4.78 is 26.7. The largest absolute Gasteiger partial charge is 0.274 e. The summed E-state index contributed by atoms with van der Waals surface area (Å²) in [5.41, 5.74) is 2.36. The topological polar surface area (TPSA) is 75.7 Å². The third-order valence-electron chi connectivity index (χ3n) is 3.65. The first-order valence-electron chi connectivity index (χ1n) is 7.23. The van der Waals surface area contributed by atoms with Crippen LogP contribution in [-0.4, -0.2) is 38.3 Å². The lowest BCUT2D eigenvalue weighted by Crippen LogP contribution is -2.43. The number of carbonyl (C=O) groups excluding carboxylic acids is 1. The molecule has 0 unspecified atom stereocenters. The van der Waals surface area contributed by atoms with Gasteiger partial charge in [0.25, 0.3) is 0 Å². The molecule has 1 heterocycles. The van der Waals surface area contributed by atoms with Crippen molar-refractivity contribution in [1.82, 2.24) is 9.79 Å². The maximum Gasteiger partial charge on any atom is 0.246 e. The molecule has 1 aromatic carbocycles. The minimum absolute atomic E-state index is 0.0103. The summed E-state index contributed by atoms with van der Waals surface area (Å²) in [6.45, 7) is 2.64. The maximum atomic E-state index is 12.7. The van der Waals surface area contributed by atoms with Crippen molar-refractivity contribution in [1.29, 1.82) is 0 Å². The van der Waals surface area contributed by atoms with E-state index >= 15 is 0 Å². The fraction of sp³-hybridized carbons (Fsp3) is 0.500. The van der Waals surface area contributed by atoms with Crippen LogP contribution in [0.1, 0.15) is 19.8 Å². The number of rotatable bonds is 5. The van der Waals surface area contributed by atoms with E-state index in [9.17, 15) is 13.2 Å². The van der Waals surface area contributed by atoms with Gasteiger partial charge in [0.05, 0.1) is 11.6 Å². The number of nitrogens with zero attached hydrogens (tertiary/aromatic N) is 1. The fourth-order valence-electron chi connectivity index (χ4n) is 2.40. The number of amides is 1. The highest BCUT2D eigenvalue weighted by atomic mass is 35.5. The molecule has 1 aliphatic heterocycles. The molecule has 1 aliphatic rings. The Bertz CT molecular complexity index is 673. The standard InChI is InChI=1S/C14H18Cl2N2O4S/c1-2-22-17-14(19)10-5-7-18(8-6-10)23(20,21)13-9-11(15)3-4-12(13)16/h3-4,9-10H,2,5-8H2,1H3,(H,17,19). The number of piperidine rings is 1. The Labute approximate surface area is 145 Å². The SMILES string of the molecule is CCONC(=O)C1CCN(S(=O)(=O)c2cc(Cl)ccc2Cl)CC1. The molecule has 1 fully saturated rings. The van der Waals surface area contributed by atoms with E-state index in [1.165, 1.54) is 22.5 Å². The number of carbonyl (C=O) groups is 1. The summed E-state index contributed by atoms with van der Waals surface area (Å²) in [6, 6.07) is 4.33. The third-order valence-corrected chi connectivity index (χ3v) is 6.27. The van der Waals surface area contributed by atoms with Gasteiger partial charge in [0.15, 0.2) is 0 Å². The number of hydrogen-bond donors (Lipinski definition) is 1. The second-order valence-corrected chi connectivity index (χ2v) is 7.90. The van der Waals surface area contributed by atoms with Crippen molar-refractivity contribution in [3.63, 3.8) is 0 Å². The highest BCUT2D eigenvalue weighted by Gasteiger charge is 2.33. The zero-order valence-electron chi connectivity index (χ0n) is 12.6. The van der Waals surface area contributed by atoms with Gasteiger partial charge >= 0.3 is 0 Å². The van der Waals surface area contributed by atoms with Gasteiger partial charge in [0, 0.05) is 24.0 Å². The predicted octanol–water partition coefficient (Wildman–Crippen LogP) is 2.46. The molecule has 0 spiro atoms. The van der Waals surface area contributed by atoms with Crippen molar-refractivity contribution in [3.05, 3.63) is 28.2 Å². The molecule has 23 heavy (non-hydrogen) atoms. The van der Waals surface area contributed by atoms with Gasteiger partial charge in [0.2, 0.25) is 15.9 Å². The molecule has 0 aromatic heterocycles. The van der Waals surface area contributed by atoms with E-state index in [2.05, 4.69) is 5.48 Å². The lowest BCUT2D eigenvalue weighted by atomic mass is 9.98. The smallest absolute Gasteiger partial charge is 0.246 e. The molecule has 1 aromatic rings. The van der Waals surface area contributed by atoms with Crippen molar-refractivity contribution in [3.8, 4) is 0 Å². The molecule has 1 saturated heterocycles. The van der Waals surface area contributed by atoms with Gasteiger partial charge in [-0.15, -0.1) is 0 Å². The van der Waals surface area contributed by atoms with Crippen LogP contribution in [0.15, 0.2) is 23.1 Å². The molecule has 1 N–H and O–H groups in total. The maximum absolute atomic E-state index is 12.7. The summed E-state index contributed by atoms with van der Waals surface area (Å²) in [7, 11) is -3.73. The van der Waals surface area contributed by atoms with Gasteiger partial charge in [-0.1, -0.05) is 23.2 Å². The van der Waals surface area contributed by atoms with E-state index in [1.54, 1.807) is 6.92 Å². The molecule has 2 rings (SSSR count). The third kappa shape index (κ3) is 4.36. The monoisotopic (exact) mass is 380 g/mol. The average molecular weight is 381 g/mol. The zero-order chi connectivity index (χ0) is 17.0. The van der Waals surface area contributed by atoms with Gasteiger partial charge in [-0.05, 0) is 38.0 Å². The number of hydrogen-bond acceptors (Lipinski definition) is 4. The van der Waals surface area contributed by atoms with Crippen LogP contribution in [-0.2, 0) is 19.7 Å². The Kier molecular flexibility index (Phi) is 6.27. The molecular weight excluding hydrogens is 363 g/mol. The van der Waals surface area contributed by atoms with Crippen molar-refractivity contribution < 1.29 is 18.0 Å². The first kappa shape index (κ1) is 18.5. The number of nitrogens with one attached hydrogen (secondary N) is 1. The van der Waals surface area contributed by atoms with E-state index < -0.39 is 10.0 Å². The molecule has 0 radical (unpaired) electrons. The van der Waals surface area contributed by atoms with Gasteiger partial charge in [-0.2, -0.15) is 4.31 Å². The second-order valence-electron chi connectivity index (χ2n) is 5.15. The van der Waals surface area contributed by atoms with Gasteiger partial charge in [-0.25, -0.2) is 13.9 Å². The van der Waals surface area contributed by atoms with Gasteiger partial charge in [0.1, 0.15) is 4.90 Å². The van der Waals surface area contributed by atoms with E-state index in [1.807, 2.05) is 0 Å². The lowest BCUT2D eigenvalue weighted by molar-refractivity contribution is -0.138. The van der Waals surface area contributed by atoms with Crippen LogP contribution in [0.4, 0.5) is 0 Å². The van der Waals surface area contributed by atoms with Crippen LogP contribution in [0.2, 0.25) is 10.0 Å². The number of halogens is 2. The Morgan fingerprint density at radius 1 is 1.35 bits per heavy atom. The Balaban J connectivity index is 2.07. The molecule has 128 valence electrons.